The molecule has 0 aromatic carbocycles. The fourth-order valence-corrected chi connectivity index (χ4v) is 0.336. The Morgan fingerprint density at radius 3 is 2.12 bits per heavy atom. The Hall–Kier alpha value is -0.250. The first kappa shape index (κ1) is 7.75. The summed E-state index contributed by atoms with van der Waals surface area (Å²) in [7, 11) is 0. The molecule has 0 N–H and O–H groups in total. The smallest absolute Gasteiger partial charge is 0.212 e. The van der Waals surface area contributed by atoms with Gasteiger partial charge in [-0.05, 0) is 6.42 Å². The van der Waals surface area contributed by atoms with Gasteiger partial charge in [0.2, 0.25) is 6.30 Å². The average Bonchev–Trinajstić information content (AvgIpc) is 1.67. The number of alkyl halides is 1. The van der Waals surface area contributed by atoms with E-state index in [1.807, 2.05) is 0 Å². The largest absolute Gasteiger partial charge is 0.224 e. The van der Waals surface area contributed by atoms with Crippen molar-refractivity contribution in [2.24, 2.45) is 0 Å². The van der Waals surface area contributed by atoms with Crippen molar-refractivity contribution in [3.8, 4) is 0 Å². The third-order valence-electron chi connectivity index (χ3n) is 0.739. The molecule has 0 radical (unpaired) electrons. The van der Waals surface area contributed by atoms with Crippen molar-refractivity contribution in [2.45, 2.75) is 26.1 Å². The van der Waals surface area contributed by atoms with Crippen LogP contribution < -0.4 is 0 Å². The van der Waals surface area contributed by atoms with Gasteiger partial charge in [-0.25, -0.2) is 4.39 Å². The third-order valence-corrected chi connectivity index (χ3v) is 0.739. The van der Waals surface area contributed by atoms with E-state index in [9.17, 15) is 13.4 Å². The molecule has 0 rings (SSSR count). The molecule has 50 valence electrons. The molecule has 0 heterocycles. The molecule has 0 saturated carbocycles. The maximum absolute atomic E-state index is 11.7. The lowest BCUT2D eigenvalue weighted by Crippen LogP contribution is -2.14. The van der Waals surface area contributed by atoms with Crippen LogP contribution in [0.5, 0.6) is 0 Å². The lowest BCUT2D eigenvalue weighted by Gasteiger charge is -2.03. The van der Waals surface area contributed by atoms with E-state index < -0.39 is 11.6 Å². The van der Waals surface area contributed by atoms with Gasteiger partial charge in [0.25, 0.3) is 0 Å². The molecule has 0 aromatic rings. The first-order valence-electron chi connectivity index (χ1n) is 2.43. The summed E-state index contributed by atoms with van der Waals surface area (Å²) in [5.74, 6) is 0. The van der Waals surface area contributed by atoms with Crippen molar-refractivity contribution in [2.75, 3.05) is 0 Å². The van der Waals surface area contributed by atoms with E-state index in [-0.39, 0.29) is 6.42 Å². The molecule has 1 nitrogen and oxygen atoms in total. The number of hydrogen-bond acceptors (Lipinski definition) is 1. The Bertz CT molecular complexity index is 57.2. The second kappa shape index (κ2) is 3.72. The highest BCUT2D eigenvalue weighted by Gasteiger charge is 2.13. The number of nitrogens with zero attached hydrogens (tertiary/aromatic N) is 1. The van der Waals surface area contributed by atoms with Gasteiger partial charge in [0.15, 0.2) is 0 Å². The van der Waals surface area contributed by atoms with E-state index in [0.29, 0.717) is 6.42 Å². The molecule has 0 aromatic heterocycles. The summed E-state index contributed by atoms with van der Waals surface area (Å²) in [6.07, 6.45) is -1.75. The molecular formula is C4H8F3N. The zero-order valence-electron chi connectivity index (χ0n) is 4.57. The van der Waals surface area contributed by atoms with Crippen LogP contribution in [0.15, 0.2) is 0 Å². The van der Waals surface area contributed by atoms with E-state index in [1.165, 1.54) is 0 Å². The van der Waals surface area contributed by atoms with E-state index in [0.717, 1.165) is 0 Å². The first-order chi connectivity index (χ1) is 3.68. The summed E-state index contributed by atoms with van der Waals surface area (Å²) in [6, 6.07) is 0. The van der Waals surface area contributed by atoms with Crippen LogP contribution in [0.1, 0.15) is 19.8 Å². The Kier molecular flexibility index (Phi) is 3.60. The van der Waals surface area contributed by atoms with Crippen LogP contribution in [0, 0.1) is 0 Å². The average molecular weight is 127 g/mol. The lowest BCUT2D eigenvalue weighted by molar-refractivity contribution is -0.224. The Morgan fingerprint density at radius 1 is 1.50 bits per heavy atom. The quantitative estimate of drug-likeness (QED) is 0.414. The Balaban J connectivity index is 3.17. The minimum Gasteiger partial charge on any atom is -0.224 e. The molecule has 0 saturated heterocycles. The topological polar surface area (TPSA) is 3.24 Å². The minimum absolute atomic E-state index is 0.104. The summed E-state index contributed by atoms with van der Waals surface area (Å²) < 4.78 is 33.8. The minimum atomic E-state index is -2.08. The van der Waals surface area contributed by atoms with Crippen molar-refractivity contribution in [3.63, 3.8) is 0 Å². The van der Waals surface area contributed by atoms with E-state index in [4.69, 9.17) is 0 Å². The second-order valence-electron chi connectivity index (χ2n) is 1.48. The van der Waals surface area contributed by atoms with Crippen LogP contribution in [-0.2, 0) is 0 Å². The van der Waals surface area contributed by atoms with Crippen molar-refractivity contribution in [1.29, 1.82) is 0 Å². The van der Waals surface area contributed by atoms with Crippen molar-refractivity contribution < 1.29 is 13.4 Å². The predicted octanol–water partition coefficient (Wildman–Crippen LogP) is 2.15. The zero-order valence-corrected chi connectivity index (χ0v) is 4.57. The molecule has 1 unspecified atom stereocenters. The van der Waals surface area contributed by atoms with Crippen molar-refractivity contribution in [3.05, 3.63) is 0 Å². The second-order valence-corrected chi connectivity index (χ2v) is 1.48. The van der Waals surface area contributed by atoms with Gasteiger partial charge in [-0.3, -0.25) is 0 Å². The molecular weight excluding hydrogens is 119 g/mol. The standard InChI is InChI=1S/C4H8F3N/c1-2-3-4(5)8(6)7/h4H,2-3H2,1H3. The fraction of sp³-hybridized carbons (Fsp3) is 1.00. The van der Waals surface area contributed by atoms with Crippen molar-refractivity contribution in [1.82, 2.24) is 5.34 Å². The monoisotopic (exact) mass is 127 g/mol. The van der Waals surface area contributed by atoms with E-state index >= 15 is 0 Å². The van der Waals surface area contributed by atoms with Gasteiger partial charge in [-0.1, -0.05) is 22.3 Å². The SMILES string of the molecule is CCCC(F)N(F)F. The number of rotatable bonds is 3. The third kappa shape index (κ3) is 2.85. The summed E-state index contributed by atoms with van der Waals surface area (Å²) in [5, 5.41) is -1.41. The van der Waals surface area contributed by atoms with E-state index in [2.05, 4.69) is 0 Å². The van der Waals surface area contributed by atoms with Gasteiger partial charge in [-0.2, -0.15) is 0 Å². The Labute approximate surface area is 46.0 Å². The molecule has 8 heavy (non-hydrogen) atoms. The summed E-state index contributed by atoms with van der Waals surface area (Å²) >= 11 is 0. The highest BCUT2D eigenvalue weighted by Crippen LogP contribution is 2.08. The fourth-order valence-electron chi connectivity index (χ4n) is 0.336. The first-order valence-corrected chi connectivity index (χ1v) is 2.43. The van der Waals surface area contributed by atoms with Crippen LogP contribution in [0.3, 0.4) is 0 Å². The van der Waals surface area contributed by atoms with Gasteiger partial charge in [-0.15, -0.1) is 0 Å². The summed E-state index contributed by atoms with van der Waals surface area (Å²) in [4.78, 5) is 0. The predicted molar refractivity (Wildman–Crippen MR) is 23.9 cm³/mol. The number of halogens is 3. The highest BCUT2D eigenvalue weighted by molar-refractivity contribution is 4.40. The normalized spacial score (nSPS) is 14.6. The molecule has 0 aliphatic rings. The lowest BCUT2D eigenvalue weighted by atomic mass is 10.3. The molecule has 4 heteroatoms. The Morgan fingerprint density at radius 2 is 2.00 bits per heavy atom. The molecule has 0 aliphatic carbocycles. The molecule has 0 aliphatic heterocycles. The number of hydrogen-bond donors (Lipinski definition) is 0. The zero-order chi connectivity index (χ0) is 6.57. The van der Waals surface area contributed by atoms with Gasteiger partial charge < -0.3 is 0 Å². The van der Waals surface area contributed by atoms with E-state index in [1.54, 1.807) is 6.92 Å². The van der Waals surface area contributed by atoms with Gasteiger partial charge in [0.05, 0.1) is 5.34 Å². The molecule has 0 spiro atoms. The van der Waals surface area contributed by atoms with Gasteiger partial charge >= 0.3 is 0 Å². The van der Waals surface area contributed by atoms with Crippen LogP contribution in [0.4, 0.5) is 13.4 Å². The van der Waals surface area contributed by atoms with Crippen LogP contribution in [0.2, 0.25) is 0 Å². The summed E-state index contributed by atoms with van der Waals surface area (Å²) in [5.41, 5.74) is 0. The maximum atomic E-state index is 11.7. The highest BCUT2D eigenvalue weighted by atomic mass is 19.4. The van der Waals surface area contributed by atoms with Crippen LogP contribution in [-0.4, -0.2) is 11.6 Å². The molecule has 0 bridgehead atoms. The van der Waals surface area contributed by atoms with Gasteiger partial charge in [0, 0.05) is 0 Å². The van der Waals surface area contributed by atoms with Gasteiger partial charge in [0.1, 0.15) is 0 Å². The van der Waals surface area contributed by atoms with Crippen LogP contribution in [0.25, 0.3) is 0 Å². The maximum Gasteiger partial charge on any atom is 0.212 e. The van der Waals surface area contributed by atoms with Crippen LogP contribution >= 0.6 is 0 Å². The molecule has 0 fully saturated rings. The summed E-state index contributed by atoms with van der Waals surface area (Å²) in [6.45, 7) is 1.65. The molecule has 1 atom stereocenters. The molecule has 0 amide bonds. The van der Waals surface area contributed by atoms with Crippen molar-refractivity contribution >= 4 is 0 Å².